The Kier molecular flexibility index (Phi) is 7.03. The van der Waals surface area contributed by atoms with Crippen molar-refractivity contribution in [2.45, 2.75) is 19.0 Å². The zero-order valence-electron chi connectivity index (χ0n) is 18.8. The molecule has 0 spiro atoms. The molecule has 1 unspecified atom stereocenters. The summed E-state index contributed by atoms with van der Waals surface area (Å²) in [5, 5.41) is 3.18. The van der Waals surface area contributed by atoms with Gasteiger partial charge in [-0.25, -0.2) is 0 Å². The zero-order chi connectivity index (χ0) is 24.1. The quantitative estimate of drug-likeness (QED) is 0.497. The Hall–Kier alpha value is -3.98. The van der Waals surface area contributed by atoms with E-state index >= 15 is 0 Å². The third kappa shape index (κ3) is 4.99. The molecule has 2 amide bonds. The van der Waals surface area contributed by atoms with E-state index in [0.29, 0.717) is 34.5 Å². The molecule has 0 aliphatic carbocycles. The summed E-state index contributed by atoms with van der Waals surface area (Å²) in [7, 11) is 3.15. The van der Waals surface area contributed by atoms with Crippen LogP contribution in [0.5, 0.6) is 11.5 Å². The number of ether oxygens (including phenoxy) is 2. The van der Waals surface area contributed by atoms with Gasteiger partial charge in [0, 0.05) is 24.6 Å². The first-order chi connectivity index (χ1) is 16.5. The van der Waals surface area contributed by atoms with Gasteiger partial charge in [0.05, 0.1) is 26.3 Å². The van der Waals surface area contributed by atoms with Crippen LogP contribution < -0.4 is 19.7 Å². The highest BCUT2D eigenvalue weighted by Crippen LogP contribution is 2.30. The van der Waals surface area contributed by atoms with Crippen molar-refractivity contribution in [3.05, 3.63) is 78.6 Å². The molecule has 1 atom stereocenters. The number of benzene rings is 2. The number of nitrogens with zero attached hydrogens (tertiary/aromatic N) is 3. The van der Waals surface area contributed by atoms with E-state index in [1.54, 1.807) is 80.0 Å². The third-order valence-electron chi connectivity index (χ3n) is 5.48. The van der Waals surface area contributed by atoms with Gasteiger partial charge in [0.15, 0.2) is 5.11 Å². The van der Waals surface area contributed by atoms with Gasteiger partial charge >= 0.3 is 0 Å². The molecular weight excluding hydrogens is 452 g/mol. The van der Waals surface area contributed by atoms with Crippen LogP contribution in [0, 0.1) is 0 Å². The fourth-order valence-electron chi connectivity index (χ4n) is 3.73. The first-order valence-corrected chi connectivity index (χ1v) is 11.0. The monoisotopic (exact) mass is 476 g/mol. The maximum absolute atomic E-state index is 13.5. The van der Waals surface area contributed by atoms with Gasteiger partial charge in [-0.2, -0.15) is 0 Å². The fourth-order valence-corrected chi connectivity index (χ4v) is 4.12. The Labute approximate surface area is 203 Å². The number of hydrogen-bond donors (Lipinski definition) is 1. The van der Waals surface area contributed by atoms with Crippen molar-refractivity contribution in [2.75, 3.05) is 24.4 Å². The van der Waals surface area contributed by atoms with Crippen LogP contribution in [0.3, 0.4) is 0 Å². The van der Waals surface area contributed by atoms with Gasteiger partial charge in [0.25, 0.3) is 5.91 Å². The maximum atomic E-state index is 13.5. The minimum absolute atomic E-state index is 0.0576. The highest BCUT2D eigenvalue weighted by atomic mass is 32.1. The lowest BCUT2D eigenvalue weighted by molar-refractivity contribution is -0.124. The van der Waals surface area contributed by atoms with Crippen LogP contribution in [-0.4, -0.2) is 47.1 Å². The second-order valence-corrected chi connectivity index (χ2v) is 8.01. The van der Waals surface area contributed by atoms with Gasteiger partial charge in [-0.1, -0.05) is 6.07 Å². The summed E-state index contributed by atoms with van der Waals surface area (Å²) in [6.07, 6.45) is 3.34. The van der Waals surface area contributed by atoms with Gasteiger partial charge in [-0.05, 0) is 72.4 Å². The first-order valence-electron chi connectivity index (χ1n) is 10.6. The molecule has 1 N–H and O–H groups in total. The van der Waals surface area contributed by atoms with Crippen LogP contribution in [0.15, 0.2) is 73.1 Å². The molecule has 34 heavy (non-hydrogen) atoms. The third-order valence-corrected chi connectivity index (χ3v) is 5.89. The van der Waals surface area contributed by atoms with Crippen molar-refractivity contribution < 1.29 is 19.1 Å². The van der Waals surface area contributed by atoms with Crippen molar-refractivity contribution >= 4 is 40.5 Å². The Balaban J connectivity index is 1.57. The number of thiocarbonyl (C=S) groups is 1. The lowest BCUT2D eigenvalue weighted by Crippen LogP contribution is -2.37. The number of pyridine rings is 1. The van der Waals surface area contributed by atoms with Crippen molar-refractivity contribution in [3.8, 4) is 11.5 Å². The maximum Gasteiger partial charge on any atom is 0.256 e. The Morgan fingerprint density at radius 3 is 2.26 bits per heavy atom. The van der Waals surface area contributed by atoms with Crippen LogP contribution in [0.4, 0.5) is 11.4 Å². The Bertz CT molecular complexity index is 1170. The number of rotatable bonds is 8. The highest BCUT2D eigenvalue weighted by molar-refractivity contribution is 7.80. The van der Waals surface area contributed by atoms with Crippen LogP contribution in [0.25, 0.3) is 0 Å². The second-order valence-electron chi connectivity index (χ2n) is 7.64. The van der Waals surface area contributed by atoms with E-state index in [1.807, 2.05) is 12.1 Å². The lowest BCUT2D eigenvalue weighted by atomic mass is 10.1. The number of anilines is 2. The molecule has 2 heterocycles. The second kappa shape index (κ2) is 10.3. The number of nitrogens with one attached hydrogen (secondary N) is 1. The fraction of sp³-hybridized carbons (Fsp3) is 0.200. The molecule has 1 aromatic heterocycles. The molecule has 1 aliphatic heterocycles. The van der Waals surface area contributed by atoms with Crippen LogP contribution in [0.1, 0.15) is 12.0 Å². The van der Waals surface area contributed by atoms with E-state index in [9.17, 15) is 9.59 Å². The molecule has 3 aromatic rings. The number of methoxy groups -OCH3 is 2. The summed E-state index contributed by atoms with van der Waals surface area (Å²) in [5.74, 6) is 0.805. The van der Waals surface area contributed by atoms with Crippen molar-refractivity contribution in [2.24, 2.45) is 0 Å². The topological polar surface area (TPSA) is 84.0 Å². The van der Waals surface area contributed by atoms with Gasteiger partial charge in [-0.3, -0.25) is 19.5 Å². The van der Waals surface area contributed by atoms with Crippen molar-refractivity contribution in [3.63, 3.8) is 0 Å². The molecule has 1 fully saturated rings. The Morgan fingerprint density at radius 1 is 1.03 bits per heavy atom. The smallest absolute Gasteiger partial charge is 0.256 e. The van der Waals surface area contributed by atoms with E-state index in [0.717, 1.165) is 5.56 Å². The molecule has 4 rings (SSSR count). The number of carbonyl (C=O) groups is 2. The van der Waals surface area contributed by atoms with Gasteiger partial charge in [-0.15, -0.1) is 0 Å². The molecule has 1 aliphatic rings. The molecule has 0 radical (unpaired) electrons. The number of carbonyl (C=O) groups excluding carboxylic acids is 2. The molecule has 1 saturated heterocycles. The zero-order valence-corrected chi connectivity index (χ0v) is 19.6. The molecule has 0 bridgehead atoms. The van der Waals surface area contributed by atoms with E-state index in [1.165, 1.54) is 4.90 Å². The van der Waals surface area contributed by atoms with E-state index < -0.39 is 6.04 Å². The number of aromatic nitrogens is 1. The molecule has 0 saturated carbocycles. The largest absolute Gasteiger partial charge is 0.497 e. The standard InChI is InChI=1S/C25H24N4O4S/c1-32-20-9-5-18(6-10-20)27-23(30)14-22-24(31)29(19-7-11-21(33-2)12-8-19)25(34)28(22)16-17-4-3-13-26-15-17/h3-13,15,22H,14,16H2,1-2H3,(H,27,30). The molecule has 8 nitrogen and oxygen atoms in total. The minimum Gasteiger partial charge on any atom is -0.497 e. The van der Waals surface area contributed by atoms with E-state index in [4.69, 9.17) is 21.7 Å². The lowest BCUT2D eigenvalue weighted by Gasteiger charge is -2.24. The number of amides is 2. The molecule has 9 heteroatoms. The van der Waals surface area contributed by atoms with Crippen molar-refractivity contribution in [1.29, 1.82) is 0 Å². The summed E-state index contributed by atoms with van der Waals surface area (Å²) < 4.78 is 10.4. The van der Waals surface area contributed by atoms with Crippen LogP contribution in [0.2, 0.25) is 0 Å². The summed E-state index contributed by atoms with van der Waals surface area (Å²) >= 11 is 5.70. The van der Waals surface area contributed by atoms with Crippen molar-refractivity contribution in [1.82, 2.24) is 9.88 Å². The summed E-state index contributed by atoms with van der Waals surface area (Å²) in [6.45, 7) is 0.353. The SMILES string of the molecule is COc1ccc(NC(=O)CC2C(=O)N(c3ccc(OC)cc3)C(=S)N2Cc2cccnc2)cc1. The predicted octanol–water partition coefficient (Wildman–Crippen LogP) is 3.63. The summed E-state index contributed by atoms with van der Waals surface area (Å²) in [6, 6.07) is 17.0. The highest BCUT2D eigenvalue weighted by Gasteiger charge is 2.44. The van der Waals surface area contributed by atoms with Crippen LogP contribution in [-0.2, 0) is 16.1 Å². The van der Waals surface area contributed by atoms with Crippen LogP contribution >= 0.6 is 12.2 Å². The number of hydrogen-bond acceptors (Lipinski definition) is 6. The predicted molar refractivity (Wildman–Crippen MR) is 133 cm³/mol. The average molecular weight is 477 g/mol. The van der Waals surface area contributed by atoms with Gasteiger partial charge < -0.3 is 19.7 Å². The summed E-state index contributed by atoms with van der Waals surface area (Å²) in [4.78, 5) is 33.8. The van der Waals surface area contributed by atoms with E-state index in [2.05, 4.69) is 10.3 Å². The molecule has 174 valence electrons. The molecule has 2 aromatic carbocycles. The van der Waals surface area contributed by atoms with E-state index in [-0.39, 0.29) is 18.2 Å². The first kappa shape index (κ1) is 23.2. The van der Waals surface area contributed by atoms with Gasteiger partial charge in [0.1, 0.15) is 17.5 Å². The molecular formula is C25H24N4O4S. The summed E-state index contributed by atoms with van der Waals surface area (Å²) in [5.41, 5.74) is 2.12. The average Bonchev–Trinajstić information content (AvgIpc) is 3.09. The Morgan fingerprint density at radius 2 is 1.68 bits per heavy atom. The minimum atomic E-state index is -0.756. The van der Waals surface area contributed by atoms with Gasteiger partial charge in [0.2, 0.25) is 5.91 Å². The normalized spacial score (nSPS) is 15.4.